The lowest BCUT2D eigenvalue weighted by Gasteiger charge is -2.11. The van der Waals surface area contributed by atoms with Crippen molar-refractivity contribution in [3.8, 4) is 0 Å². The molecule has 0 saturated heterocycles. The number of carbonyl (C=O) groups excluding carboxylic acids is 2. The van der Waals surface area contributed by atoms with E-state index in [0.717, 1.165) is 4.88 Å². The molecule has 0 saturated carbocycles. The lowest BCUT2D eigenvalue weighted by molar-refractivity contribution is -0.122. The Morgan fingerprint density at radius 1 is 1.38 bits per heavy atom. The maximum Gasteiger partial charge on any atom is 0.220 e. The van der Waals surface area contributed by atoms with Crippen LogP contribution in [0.5, 0.6) is 0 Å². The fourth-order valence-corrected chi connectivity index (χ4v) is 2.33. The Kier molecular flexibility index (Phi) is 4.98. The van der Waals surface area contributed by atoms with E-state index in [0.29, 0.717) is 25.7 Å². The Balaban J connectivity index is 2.42. The molecule has 88 valence electrons. The van der Waals surface area contributed by atoms with Gasteiger partial charge >= 0.3 is 0 Å². The zero-order chi connectivity index (χ0) is 12.0. The summed E-state index contributed by atoms with van der Waals surface area (Å²) in [5.74, 6) is -0.838. The summed E-state index contributed by atoms with van der Waals surface area (Å²) in [5.41, 5.74) is 10.4. The van der Waals surface area contributed by atoms with E-state index in [9.17, 15) is 9.59 Å². The third-order valence-corrected chi connectivity index (χ3v) is 3.30. The van der Waals surface area contributed by atoms with Gasteiger partial charge in [0.2, 0.25) is 11.8 Å². The smallest absolute Gasteiger partial charge is 0.220 e. The molecule has 0 spiro atoms. The number of hydrogen-bond acceptors (Lipinski definition) is 3. The van der Waals surface area contributed by atoms with Crippen LogP contribution >= 0.6 is 11.3 Å². The molecule has 0 radical (unpaired) electrons. The van der Waals surface area contributed by atoms with Crippen molar-refractivity contribution in [1.82, 2.24) is 0 Å². The Bertz CT molecular complexity index is 349. The molecule has 16 heavy (non-hydrogen) atoms. The molecule has 0 aliphatic carbocycles. The molecule has 0 aliphatic rings. The Morgan fingerprint density at radius 2 is 2.12 bits per heavy atom. The van der Waals surface area contributed by atoms with Crippen molar-refractivity contribution >= 4 is 23.2 Å². The van der Waals surface area contributed by atoms with E-state index in [4.69, 9.17) is 11.5 Å². The molecule has 1 heterocycles. The van der Waals surface area contributed by atoms with Gasteiger partial charge in [-0.1, -0.05) is 6.07 Å². The number of rotatable bonds is 7. The van der Waals surface area contributed by atoms with Crippen molar-refractivity contribution in [3.05, 3.63) is 22.4 Å². The fourth-order valence-electron chi connectivity index (χ4n) is 1.54. The summed E-state index contributed by atoms with van der Waals surface area (Å²) in [7, 11) is 0. The second kappa shape index (κ2) is 6.27. The summed E-state index contributed by atoms with van der Waals surface area (Å²) < 4.78 is 0. The number of carbonyl (C=O) groups is 2. The van der Waals surface area contributed by atoms with E-state index < -0.39 is 0 Å². The van der Waals surface area contributed by atoms with Crippen molar-refractivity contribution in [1.29, 1.82) is 0 Å². The van der Waals surface area contributed by atoms with Gasteiger partial charge < -0.3 is 11.5 Å². The van der Waals surface area contributed by atoms with Crippen LogP contribution in [0.15, 0.2) is 17.5 Å². The van der Waals surface area contributed by atoms with Crippen molar-refractivity contribution in [3.63, 3.8) is 0 Å². The topological polar surface area (TPSA) is 86.2 Å². The molecule has 4 N–H and O–H groups in total. The largest absolute Gasteiger partial charge is 0.370 e. The molecular formula is C11H16N2O2S. The third-order valence-electron chi connectivity index (χ3n) is 2.41. The maximum absolute atomic E-state index is 11.2. The molecular weight excluding hydrogens is 224 g/mol. The van der Waals surface area contributed by atoms with Crippen LogP contribution in [0.25, 0.3) is 0 Å². The van der Waals surface area contributed by atoms with Crippen molar-refractivity contribution in [2.75, 3.05) is 0 Å². The van der Waals surface area contributed by atoms with Gasteiger partial charge in [-0.15, -0.1) is 11.3 Å². The quantitative estimate of drug-likeness (QED) is 0.746. The summed E-state index contributed by atoms with van der Waals surface area (Å²) in [6.45, 7) is 0. The van der Waals surface area contributed by atoms with Crippen LogP contribution in [0.2, 0.25) is 0 Å². The average molecular weight is 240 g/mol. The summed E-state index contributed by atoms with van der Waals surface area (Å²) in [5, 5.41) is 1.97. The first-order valence-corrected chi connectivity index (χ1v) is 6.07. The van der Waals surface area contributed by atoms with Crippen LogP contribution in [0, 0.1) is 5.92 Å². The van der Waals surface area contributed by atoms with Gasteiger partial charge in [0.05, 0.1) is 0 Å². The van der Waals surface area contributed by atoms with E-state index in [2.05, 4.69) is 0 Å². The van der Waals surface area contributed by atoms with E-state index in [-0.39, 0.29) is 17.7 Å². The first-order valence-electron chi connectivity index (χ1n) is 5.19. The molecule has 0 aliphatic heterocycles. The molecule has 2 amide bonds. The molecule has 0 fully saturated rings. The molecule has 1 aromatic heterocycles. The second-order valence-corrected chi connectivity index (χ2v) is 4.77. The molecule has 5 heteroatoms. The van der Waals surface area contributed by atoms with Crippen LogP contribution in [0.4, 0.5) is 0 Å². The van der Waals surface area contributed by atoms with Gasteiger partial charge in [0.1, 0.15) is 0 Å². The van der Waals surface area contributed by atoms with Gasteiger partial charge in [-0.25, -0.2) is 0 Å². The number of hydrogen-bond donors (Lipinski definition) is 2. The first kappa shape index (κ1) is 12.7. The van der Waals surface area contributed by atoms with E-state index in [1.165, 1.54) is 0 Å². The summed E-state index contributed by atoms with van der Waals surface area (Å²) in [6.07, 6.45) is 2.21. The zero-order valence-electron chi connectivity index (χ0n) is 9.02. The highest BCUT2D eigenvalue weighted by molar-refractivity contribution is 7.09. The highest BCUT2D eigenvalue weighted by Gasteiger charge is 2.16. The molecule has 1 rings (SSSR count). The van der Waals surface area contributed by atoms with Gasteiger partial charge in [-0.2, -0.15) is 0 Å². The third kappa shape index (κ3) is 4.44. The highest BCUT2D eigenvalue weighted by Crippen LogP contribution is 2.18. The van der Waals surface area contributed by atoms with Crippen molar-refractivity contribution in [2.45, 2.75) is 25.7 Å². The fraction of sp³-hybridized carbons (Fsp3) is 0.455. The monoisotopic (exact) mass is 240 g/mol. The molecule has 1 unspecified atom stereocenters. The highest BCUT2D eigenvalue weighted by atomic mass is 32.1. The summed E-state index contributed by atoms with van der Waals surface area (Å²) in [4.78, 5) is 22.9. The lowest BCUT2D eigenvalue weighted by atomic mass is 9.97. The van der Waals surface area contributed by atoms with E-state index >= 15 is 0 Å². The van der Waals surface area contributed by atoms with Crippen molar-refractivity contribution in [2.24, 2.45) is 17.4 Å². The van der Waals surface area contributed by atoms with Gasteiger partial charge in [-0.3, -0.25) is 9.59 Å². The predicted octanol–water partition coefficient (Wildman–Crippen LogP) is 1.05. The molecule has 1 aromatic rings. The van der Waals surface area contributed by atoms with Gasteiger partial charge in [-0.05, 0) is 30.7 Å². The van der Waals surface area contributed by atoms with Gasteiger partial charge in [0.25, 0.3) is 0 Å². The number of thiophene rings is 1. The minimum atomic E-state index is -0.334. The Hall–Kier alpha value is -1.36. The van der Waals surface area contributed by atoms with Gasteiger partial charge in [0, 0.05) is 17.2 Å². The standard InChI is InChI=1S/C11H16N2O2S/c12-10(14)5-1-3-8(11(13)15)7-9-4-2-6-16-9/h2,4,6,8H,1,3,5,7H2,(H2,12,14)(H2,13,15). The van der Waals surface area contributed by atoms with Crippen LogP contribution in [-0.4, -0.2) is 11.8 Å². The zero-order valence-corrected chi connectivity index (χ0v) is 9.83. The molecule has 4 nitrogen and oxygen atoms in total. The van der Waals surface area contributed by atoms with E-state index in [1.807, 2.05) is 17.5 Å². The van der Waals surface area contributed by atoms with E-state index in [1.54, 1.807) is 11.3 Å². The first-order chi connectivity index (χ1) is 7.59. The SMILES string of the molecule is NC(=O)CCCC(Cc1cccs1)C(N)=O. The van der Waals surface area contributed by atoms with Crippen LogP contribution in [0.3, 0.4) is 0 Å². The minimum absolute atomic E-state index is 0.196. The van der Waals surface area contributed by atoms with Gasteiger partial charge in [0.15, 0.2) is 0 Å². The lowest BCUT2D eigenvalue weighted by Crippen LogP contribution is -2.25. The summed E-state index contributed by atoms with van der Waals surface area (Å²) in [6, 6.07) is 3.93. The average Bonchev–Trinajstić information content (AvgIpc) is 2.68. The molecule has 0 aromatic carbocycles. The number of nitrogens with two attached hydrogens (primary N) is 2. The Morgan fingerprint density at radius 3 is 2.62 bits per heavy atom. The van der Waals surface area contributed by atoms with Crippen molar-refractivity contribution < 1.29 is 9.59 Å². The van der Waals surface area contributed by atoms with Crippen LogP contribution in [0.1, 0.15) is 24.1 Å². The van der Waals surface area contributed by atoms with Crippen LogP contribution < -0.4 is 11.5 Å². The predicted molar refractivity (Wildman–Crippen MR) is 63.8 cm³/mol. The summed E-state index contributed by atoms with van der Waals surface area (Å²) >= 11 is 1.61. The number of amides is 2. The minimum Gasteiger partial charge on any atom is -0.370 e. The maximum atomic E-state index is 11.2. The second-order valence-electron chi connectivity index (χ2n) is 3.74. The normalized spacial score (nSPS) is 12.2. The van der Waals surface area contributed by atoms with Crippen LogP contribution in [-0.2, 0) is 16.0 Å². The number of primary amides is 2. The molecule has 0 bridgehead atoms. The Labute approximate surface area is 98.6 Å². The molecule has 1 atom stereocenters.